The van der Waals surface area contributed by atoms with Crippen molar-refractivity contribution in [2.24, 2.45) is 0 Å². The quantitative estimate of drug-likeness (QED) is 0.606. The number of aliphatic hydroxyl groups excluding tert-OH is 1. The monoisotopic (exact) mass is 154 g/mol. The number of allylic oxidation sites excluding steroid dienone is 2. The number of aliphatic hydroxyl groups is 1. The van der Waals surface area contributed by atoms with E-state index in [4.69, 9.17) is 15.6 Å². The maximum atomic E-state index is 8.34. The smallest absolute Gasteiger partial charge is 0.107 e. The second kappa shape index (κ2) is 6.15. The average Bonchev–Trinajstić information content (AvgIpc) is 1.98. The molecular formula is C6H6N2OS. The van der Waals surface area contributed by atoms with Gasteiger partial charge in [-0.1, -0.05) is 0 Å². The van der Waals surface area contributed by atoms with Gasteiger partial charge in [-0.05, 0) is 0 Å². The summed E-state index contributed by atoms with van der Waals surface area (Å²) >= 11 is 1.17. The van der Waals surface area contributed by atoms with Crippen LogP contribution in [0.5, 0.6) is 0 Å². The maximum absolute atomic E-state index is 8.34. The van der Waals surface area contributed by atoms with E-state index >= 15 is 0 Å². The van der Waals surface area contributed by atoms with Crippen LogP contribution >= 0.6 is 11.8 Å². The van der Waals surface area contributed by atoms with Gasteiger partial charge in [0.1, 0.15) is 6.07 Å². The van der Waals surface area contributed by atoms with Gasteiger partial charge >= 0.3 is 0 Å². The SMILES string of the molecule is N#CC=C(C#N)SCCO. The van der Waals surface area contributed by atoms with Gasteiger partial charge in [0.25, 0.3) is 0 Å². The van der Waals surface area contributed by atoms with Crippen LogP contribution in [-0.2, 0) is 0 Å². The van der Waals surface area contributed by atoms with Crippen molar-refractivity contribution in [3.05, 3.63) is 11.0 Å². The van der Waals surface area contributed by atoms with Crippen LogP contribution in [0.3, 0.4) is 0 Å². The molecule has 0 fully saturated rings. The van der Waals surface area contributed by atoms with E-state index in [-0.39, 0.29) is 6.61 Å². The van der Waals surface area contributed by atoms with Crippen molar-refractivity contribution >= 4 is 11.8 Å². The van der Waals surface area contributed by atoms with Gasteiger partial charge in [-0.2, -0.15) is 10.5 Å². The molecule has 0 radical (unpaired) electrons. The van der Waals surface area contributed by atoms with Crippen LogP contribution < -0.4 is 0 Å². The summed E-state index contributed by atoms with van der Waals surface area (Å²) in [6.45, 7) is 0.0229. The molecule has 0 aliphatic carbocycles. The van der Waals surface area contributed by atoms with Gasteiger partial charge in [0.15, 0.2) is 0 Å². The highest BCUT2D eigenvalue weighted by Gasteiger charge is 1.93. The predicted molar refractivity (Wildman–Crippen MR) is 38.9 cm³/mol. The first-order valence-electron chi connectivity index (χ1n) is 2.58. The number of thioether (sulfide) groups is 1. The third-order valence-corrected chi connectivity index (χ3v) is 1.56. The van der Waals surface area contributed by atoms with E-state index in [1.165, 1.54) is 17.8 Å². The first kappa shape index (κ1) is 9.03. The predicted octanol–water partition coefficient (Wildman–Crippen LogP) is 0.643. The molecule has 1 N–H and O–H groups in total. The number of rotatable bonds is 3. The normalized spacial score (nSPS) is 10.1. The fourth-order valence-electron chi connectivity index (χ4n) is 0.320. The van der Waals surface area contributed by atoms with Crippen LogP contribution in [-0.4, -0.2) is 17.5 Å². The third kappa shape index (κ3) is 3.96. The van der Waals surface area contributed by atoms with Gasteiger partial charge in [-0.25, -0.2) is 0 Å². The Kier molecular flexibility index (Phi) is 5.56. The van der Waals surface area contributed by atoms with Gasteiger partial charge < -0.3 is 5.11 Å². The Labute approximate surface area is 63.6 Å². The molecule has 0 aromatic rings. The van der Waals surface area contributed by atoms with Crippen molar-refractivity contribution in [2.75, 3.05) is 12.4 Å². The lowest BCUT2D eigenvalue weighted by Gasteiger charge is -1.90. The first-order chi connectivity index (χ1) is 4.85. The van der Waals surface area contributed by atoms with Crippen molar-refractivity contribution in [3.8, 4) is 12.1 Å². The van der Waals surface area contributed by atoms with Crippen molar-refractivity contribution in [2.45, 2.75) is 0 Å². The summed E-state index contributed by atoms with van der Waals surface area (Å²) in [5.74, 6) is 0.459. The lowest BCUT2D eigenvalue weighted by atomic mass is 10.5. The zero-order valence-electron chi connectivity index (χ0n) is 5.24. The van der Waals surface area contributed by atoms with Crippen LogP contribution in [0.4, 0.5) is 0 Å². The fraction of sp³-hybridized carbons (Fsp3) is 0.333. The van der Waals surface area contributed by atoms with E-state index in [0.29, 0.717) is 10.7 Å². The summed E-state index contributed by atoms with van der Waals surface area (Å²) < 4.78 is 0. The van der Waals surface area contributed by atoms with Crippen LogP contribution in [0.15, 0.2) is 11.0 Å². The minimum atomic E-state index is 0.0229. The van der Waals surface area contributed by atoms with Gasteiger partial charge in [0.2, 0.25) is 0 Å². The first-order valence-corrected chi connectivity index (χ1v) is 3.57. The highest BCUT2D eigenvalue weighted by Crippen LogP contribution is 2.12. The van der Waals surface area contributed by atoms with E-state index in [0.717, 1.165) is 0 Å². The van der Waals surface area contributed by atoms with Gasteiger partial charge in [-0.3, -0.25) is 0 Å². The molecule has 10 heavy (non-hydrogen) atoms. The third-order valence-electron chi connectivity index (χ3n) is 0.655. The molecule has 0 heterocycles. The molecule has 0 aliphatic heterocycles. The Morgan fingerprint density at radius 1 is 1.60 bits per heavy atom. The highest BCUT2D eigenvalue weighted by molar-refractivity contribution is 8.03. The van der Waals surface area contributed by atoms with Crippen molar-refractivity contribution < 1.29 is 5.11 Å². The van der Waals surface area contributed by atoms with E-state index in [2.05, 4.69) is 0 Å². The van der Waals surface area contributed by atoms with E-state index in [1.54, 1.807) is 6.07 Å². The Bertz CT molecular complexity index is 199. The number of hydrogen-bond acceptors (Lipinski definition) is 4. The molecule has 0 aliphatic rings. The molecule has 4 heteroatoms. The Morgan fingerprint density at radius 2 is 2.30 bits per heavy atom. The maximum Gasteiger partial charge on any atom is 0.107 e. The van der Waals surface area contributed by atoms with Crippen LogP contribution in [0.2, 0.25) is 0 Å². The van der Waals surface area contributed by atoms with E-state index in [1.807, 2.05) is 6.07 Å². The zero-order valence-corrected chi connectivity index (χ0v) is 6.06. The minimum absolute atomic E-state index is 0.0229. The molecule has 0 rings (SSSR count). The molecule has 0 amide bonds. The van der Waals surface area contributed by atoms with Crippen LogP contribution in [0, 0.1) is 22.7 Å². The molecule has 0 aromatic carbocycles. The molecule has 3 nitrogen and oxygen atoms in total. The molecule has 0 saturated heterocycles. The van der Waals surface area contributed by atoms with Gasteiger partial charge in [0, 0.05) is 11.8 Å². The highest BCUT2D eigenvalue weighted by atomic mass is 32.2. The van der Waals surface area contributed by atoms with Crippen LogP contribution in [0.1, 0.15) is 0 Å². The van der Waals surface area contributed by atoms with Crippen molar-refractivity contribution in [1.29, 1.82) is 10.5 Å². The lowest BCUT2D eigenvalue weighted by molar-refractivity contribution is 0.322. The summed E-state index contributed by atoms with van der Waals surface area (Å²) in [6.07, 6.45) is 1.17. The topological polar surface area (TPSA) is 67.8 Å². The van der Waals surface area contributed by atoms with E-state index in [9.17, 15) is 0 Å². The van der Waals surface area contributed by atoms with Gasteiger partial charge in [0.05, 0.1) is 17.6 Å². The van der Waals surface area contributed by atoms with E-state index < -0.39 is 0 Å². The number of nitriles is 2. The molecule has 0 aromatic heterocycles. The second-order valence-electron chi connectivity index (χ2n) is 1.32. The molecule has 52 valence electrons. The van der Waals surface area contributed by atoms with Gasteiger partial charge in [-0.15, -0.1) is 11.8 Å². The molecule has 0 atom stereocenters. The average molecular weight is 154 g/mol. The lowest BCUT2D eigenvalue weighted by Crippen LogP contribution is -1.85. The van der Waals surface area contributed by atoms with Crippen LogP contribution in [0.25, 0.3) is 0 Å². The largest absolute Gasteiger partial charge is 0.396 e. The fourth-order valence-corrected chi connectivity index (χ4v) is 0.832. The molecule has 0 spiro atoms. The molecule has 0 bridgehead atoms. The Balaban J connectivity index is 3.78. The second-order valence-corrected chi connectivity index (χ2v) is 2.46. The summed E-state index contributed by atoms with van der Waals surface area (Å²) in [5, 5.41) is 24.8. The standard InChI is InChI=1S/C6H6N2OS/c7-2-1-6(5-8)10-4-3-9/h1,9H,3-4H2. The summed E-state index contributed by atoms with van der Waals surface area (Å²) in [6, 6.07) is 3.57. The minimum Gasteiger partial charge on any atom is -0.396 e. The number of nitrogens with zero attached hydrogens (tertiary/aromatic N) is 2. The summed E-state index contributed by atoms with van der Waals surface area (Å²) in [4.78, 5) is 0.344. The van der Waals surface area contributed by atoms with Crippen molar-refractivity contribution in [1.82, 2.24) is 0 Å². The summed E-state index contributed by atoms with van der Waals surface area (Å²) in [7, 11) is 0. The molecule has 0 unspecified atom stereocenters. The zero-order chi connectivity index (χ0) is 7.82. The number of hydrogen-bond donors (Lipinski definition) is 1. The van der Waals surface area contributed by atoms with Crippen molar-refractivity contribution in [3.63, 3.8) is 0 Å². The molecule has 0 saturated carbocycles. The Hall–Kier alpha value is -0.970. The Morgan fingerprint density at radius 3 is 2.70 bits per heavy atom. The molecular weight excluding hydrogens is 148 g/mol. The summed E-state index contributed by atoms with van der Waals surface area (Å²) in [5.41, 5.74) is 0.